The Balaban J connectivity index is -0.00000000571. The van der Waals surface area contributed by atoms with Crippen LogP contribution in [0.4, 0.5) is 0 Å². The molecule has 0 rings (SSSR count). The molecule has 0 fully saturated rings. The fourth-order valence-corrected chi connectivity index (χ4v) is 0. The van der Waals surface area contributed by atoms with Crippen molar-refractivity contribution in [2.24, 2.45) is 0 Å². The molecule has 0 aromatic carbocycles. The summed E-state index contributed by atoms with van der Waals surface area (Å²) in [6.07, 6.45) is 1.50. The van der Waals surface area contributed by atoms with E-state index < -0.39 is 0 Å². The van der Waals surface area contributed by atoms with Crippen LogP contribution >= 0.6 is 0 Å². The number of carbonyl (C=O) groups excluding carboxylic acids is 1. The summed E-state index contributed by atoms with van der Waals surface area (Å²) in [6, 6.07) is 0. The average Bonchev–Trinajstić information content (AvgIpc) is 1.39. The van der Waals surface area contributed by atoms with Gasteiger partial charge < -0.3 is 17.3 Å². The molecule has 0 spiro atoms. The molecule has 0 bridgehead atoms. The Morgan fingerprint density at radius 3 is 1.30 bits per heavy atom. The molecule has 0 amide bonds. The van der Waals surface area contributed by atoms with E-state index in [1.165, 1.54) is 13.2 Å². The summed E-state index contributed by atoms with van der Waals surface area (Å²) in [5, 5.41) is 7.57. The van der Waals surface area contributed by atoms with Gasteiger partial charge in [0.05, 0.1) is 0 Å². The van der Waals surface area contributed by atoms with Crippen molar-refractivity contribution in [3.05, 3.63) is 7.43 Å². The molecule has 0 aromatic rings. The molecular formula is C5H12O2Y3-2. The van der Waals surface area contributed by atoms with E-state index >= 15 is 0 Å². The first-order chi connectivity index (χ1) is 2.83. The first kappa shape index (κ1) is 38.3. The normalized spacial score (nSPS) is 3.10. The van der Waals surface area contributed by atoms with Gasteiger partial charge in [0.25, 0.3) is 0 Å². The van der Waals surface area contributed by atoms with Crippen LogP contribution in [-0.4, -0.2) is 18.0 Å². The molecule has 3 radical (unpaired) electrons. The van der Waals surface area contributed by atoms with Gasteiger partial charge in [0.15, 0.2) is 0 Å². The Hall–Kier alpha value is 2.94. The molecule has 10 heavy (non-hydrogen) atoms. The van der Waals surface area contributed by atoms with Crippen molar-refractivity contribution in [2.45, 2.75) is 13.8 Å². The van der Waals surface area contributed by atoms with Gasteiger partial charge in [-0.05, 0) is 6.92 Å². The zero-order chi connectivity index (χ0) is 5.41. The van der Waals surface area contributed by atoms with Crippen LogP contribution in [-0.2, 0) is 103 Å². The van der Waals surface area contributed by atoms with E-state index in [1.807, 2.05) is 0 Å². The fraction of sp³-hybridized carbons (Fsp3) is 0.600. The van der Waals surface area contributed by atoms with Crippen LogP contribution in [0.2, 0.25) is 0 Å². The maximum Gasteiger partial charge on any atom is 0.0402 e. The van der Waals surface area contributed by atoms with E-state index in [-0.39, 0.29) is 112 Å². The predicted octanol–water partition coefficient (Wildman–Crippen LogP) is 0.557. The van der Waals surface area contributed by atoms with Crippen LogP contribution in [0.1, 0.15) is 13.8 Å². The van der Waals surface area contributed by atoms with Crippen molar-refractivity contribution in [1.82, 2.24) is 0 Å². The Bertz CT molecular complexity index is 28.9. The molecular weight excluding hydrogens is 359 g/mol. The second-order valence-electron chi connectivity index (χ2n) is 0.520. The van der Waals surface area contributed by atoms with Crippen molar-refractivity contribution < 1.29 is 108 Å². The van der Waals surface area contributed by atoms with Crippen LogP contribution < -0.4 is 0 Å². The van der Waals surface area contributed by atoms with Crippen molar-refractivity contribution in [2.75, 3.05) is 6.61 Å². The third kappa shape index (κ3) is 125. The molecule has 0 atom stereocenters. The van der Waals surface area contributed by atoms with E-state index in [9.17, 15) is 0 Å². The molecule has 0 aliphatic rings. The Kier molecular flexibility index (Phi) is 224. The van der Waals surface area contributed by atoms with Gasteiger partial charge in [-0.1, -0.05) is 0 Å². The summed E-state index contributed by atoms with van der Waals surface area (Å²) in [7, 11) is 0. The molecule has 2 nitrogen and oxygen atoms in total. The number of aliphatic hydroxyl groups is 1. The minimum Gasteiger partial charge on any atom is -0.542 e. The largest absolute Gasteiger partial charge is 0.542 e. The number of aliphatic hydroxyl groups excluding tert-OH is 1. The van der Waals surface area contributed by atoms with Crippen LogP contribution in [0, 0.1) is 7.43 Å². The Labute approximate surface area is 139 Å². The SMILES string of the molecule is CCO.C[C-]=O.[CH3-].[Y].[Y].[Y]. The summed E-state index contributed by atoms with van der Waals surface area (Å²) in [4.78, 5) is 8.68. The van der Waals surface area contributed by atoms with Gasteiger partial charge in [0.2, 0.25) is 0 Å². The van der Waals surface area contributed by atoms with Gasteiger partial charge in [-0.2, -0.15) is 6.92 Å². The summed E-state index contributed by atoms with van der Waals surface area (Å²) in [5.41, 5.74) is 0. The van der Waals surface area contributed by atoms with Crippen molar-refractivity contribution >= 4 is 6.29 Å². The van der Waals surface area contributed by atoms with E-state index in [1.54, 1.807) is 6.92 Å². The van der Waals surface area contributed by atoms with Gasteiger partial charge in [-0.25, -0.2) is 0 Å². The smallest absolute Gasteiger partial charge is 0.0402 e. The number of hydrogen-bond donors (Lipinski definition) is 1. The monoisotopic (exact) mass is 371 g/mol. The summed E-state index contributed by atoms with van der Waals surface area (Å²) >= 11 is 0. The van der Waals surface area contributed by atoms with Crippen LogP contribution in [0.15, 0.2) is 0 Å². The second-order valence-corrected chi connectivity index (χ2v) is 0.520. The third-order valence-corrected chi connectivity index (χ3v) is 0. The maximum absolute atomic E-state index is 8.68. The van der Waals surface area contributed by atoms with Gasteiger partial charge >= 0.3 is 0 Å². The molecule has 5 heteroatoms. The van der Waals surface area contributed by atoms with E-state index in [0.29, 0.717) is 0 Å². The second kappa shape index (κ2) is 58.5. The molecule has 0 saturated carbocycles. The predicted molar refractivity (Wildman–Crippen MR) is 30.5 cm³/mol. The zero-order valence-corrected chi connectivity index (χ0v) is 15.3. The standard InChI is InChI=1S/C2H6O.C2H3O.CH3.3Y/c2*1-2-3;;;;/h3H,2H2,1H3;1H3;1H3;;;/q;2*-1;;;. The molecule has 1 N–H and O–H groups in total. The van der Waals surface area contributed by atoms with E-state index in [0.717, 1.165) is 0 Å². The molecule has 0 aliphatic carbocycles. The molecule has 0 saturated heterocycles. The van der Waals surface area contributed by atoms with E-state index in [4.69, 9.17) is 9.90 Å². The van der Waals surface area contributed by atoms with Crippen LogP contribution in [0.5, 0.6) is 0 Å². The number of rotatable bonds is 0. The summed E-state index contributed by atoms with van der Waals surface area (Å²) < 4.78 is 0. The molecule has 55 valence electrons. The quantitative estimate of drug-likeness (QED) is 0.633. The first-order valence-corrected chi connectivity index (χ1v) is 1.73. The zero-order valence-electron chi connectivity index (χ0n) is 6.79. The Morgan fingerprint density at radius 1 is 1.30 bits per heavy atom. The third-order valence-electron chi connectivity index (χ3n) is 0. The van der Waals surface area contributed by atoms with Gasteiger partial charge in [-0.3, -0.25) is 6.29 Å². The van der Waals surface area contributed by atoms with Gasteiger partial charge in [0.1, 0.15) is 0 Å². The maximum atomic E-state index is 8.68. The topological polar surface area (TPSA) is 37.3 Å². The first-order valence-electron chi connectivity index (χ1n) is 1.73. The average molecular weight is 371 g/mol. The van der Waals surface area contributed by atoms with Crippen LogP contribution in [0.25, 0.3) is 0 Å². The van der Waals surface area contributed by atoms with E-state index in [2.05, 4.69) is 0 Å². The minimum atomic E-state index is 0. The number of hydrogen-bond acceptors (Lipinski definition) is 2. The summed E-state index contributed by atoms with van der Waals surface area (Å²) in [6.45, 7) is 3.25. The van der Waals surface area contributed by atoms with Crippen molar-refractivity contribution in [3.63, 3.8) is 0 Å². The molecule has 0 aliphatic heterocycles. The van der Waals surface area contributed by atoms with Gasteiger partial charge in [-0.15, -0.1) is 0 Å². The Morgan fingerprint density at radius 2 is 1.30 bits per heavy atom. The minimum absolute atomic E-state index is 0. The van der Waals surface area contributed by atoms with Gasteiger partial charge in [0, 0.05) is 105 Å². The molecule has 0 aromatic heterocycles. The summed E-state index contributed by atoms with van der Waals surface area (Å²) in [5.74, 6) is 0. The van der Waals surface area contributed by atoms with Crippen molar-refractivity contribution in [3.8, 4) is 0 Å². The van der Waals surface area contributed by atoms with Crippen LogP contribution in [0.3, 0.4) is 0 Å². The fourth-order valence-electron chi connectivity index (χ4n) is 0. The molecule has 0 unspecified atom stereocenters. The molecule has 0 heterocycles. The van der Waals surface area contributed by atoms with Crippen molar-refractivity contribution in [1.29, 1.82) is 0 Å².